The van der Waals surface area contributed by atoms with Crippen molar-refractivity contribution in [2.45, 2.75) is 0 Å². The van der Waals surface area contributed by atoms with E-state index in [1.807, 2.05) is 24.3 Å². The molecule has 0 aliphatic heterocycles. The van der Waals surface area contributed by atoms with Crippen LogP contribution in [0, 0.1) is 0 Å². The van der Waals surface area contributed by atoms with Crippen LogP contribution in [0.15, 0.2) is 62.3 Å². The highest BCUT2D eigenvalue weighted by molar-refractivity contribution is 9.10. The van der Waals surface area contributed by atoms with Gasteiger partial charge >= 0.3 is 5.63 Å². The molecule has 0 amide bonds. The number of aromatic nitrogens is 1. The Morgan fingerprint density at radius 1 is 1.11 bits per heavy atom. The van der Waals surface area contributed by atoms with Gasteiger partial charge in [0, 0.05) is 16.1 Å². The van der Waals surface area contributed by atoms with E-state index in [1.54, 1.807) is 24.4 Å². The fourth-order valence-corrected chi connectivity index (χ4v) is 2.17. The lowest BCUT2D eigenvalue weighted by atomic mass is 10.1. The van der Waals surface area contributed by atoms with Crippen LogP contribution in [0.5, 0.6) is 0 Å². The van der Waals surface area contributed by atoms with Gasteiger partial charge in [-0.3, -0.25) is 4.98 Å². The summed E-state index contributed by atoms with van der Waals surface area (Å²) in [5.74, 6) is 0. The molecule has 3 nitrogen and oxygen atoms in total. The SMILES string of the molecule is O=c1oc2ccc(Br)cc2cc1-c1ccccn1. The van der Waals surface area contributed by atoms with Gasteiger partial charge in [0.1, 0.15) is 5.58 Å². The lowest BCUT2D eigenvalue weighted by molar-refractivity contribution is 0.563. The third-order valence-corrected chi connectivity index (χ3v) is 3.13. The van der Waals surface area contributed by atoms with Crippen molar-refractivity contribution in [1.82, 2.24) is 4.98 Å². The van der Waals surface area contributed by atoms with E-state index in [0.717, 1.165) is 9.86 Å². The summed E-state index contributed by atoms with van der Waals surface area (Å²) in [6.07, 6.45) is 1.65. The summed E-state index contributed by atoms with van der Waals surface area (Å²) in [4.78, 5) is 16.1. The zero-order valence-corrected chi connectivity index (χ0v) is 10.8. The van der Waals surface area contributed by atoms with E-state index in [9.17, 15) is 4.79 Å². The highest BCUT2D eigenvalue weighted by Crippen LogP contribution is 2.22. The van der Waals surface area contributed by atoms with Crippen LogP contribution in [0.25, 0.3) is 22.2 Å². The standard InChI is InChI=1S/C14H8BrNO2/c15-10-4-5-13-9(7-10)8-11(14(17)18-13)12-3-1-2-6-16-12/h1-8H. The molecule has 0 N–H and O–H groups in total. The average molecular weight is 302 g/mol. The number of rotatable bonds is 1. The molecule has 0 spiro atoms. The molecule has 4 heteroatoms. The Hall–Kier alpha value is -1.94. The van der Waals surface area contributed by atoms with Gasteiger partial charge in [0.05, 0.1) is 11.3 Å². The van der Waals surface area contributed by atoms with Crippen molar-refractivity contribution in [2.75, 3.05) is 0 Å². The minimum atomic E-state index is -0.372. The number of nitrogens with zero attached hydrogens (tertiary/aromatic N) is 1. The van der Waals surface area contributed by atoms with E-state index in [4.69, 9.17) is 4.42 Å². The predicted octanol–water partition coefficient (Wildman–Crippen LogP) is 3.62. The molecule has 0 aliphatic rings. The number of benzene rings is 1. The van der Waals surface area contributed by atoms with Crippen molar-refractivity contribution >= 4 is 26.9 Å². The summed E-state index contributed by atoms with van der Waals surface area (Å²) in [6, 6.07) is 12.7. The average Bonchev–Trinajstić information content (AvgIpc) is 2.39. The third-order valence-electron chi connectivity index (χ3n) is 2.64. The summed E-state index contributed by atoms with van der Waals surface area (Å²) in [7, 11) is 0. The van der Waals surface area contributed by atoms with Gasteiger partial charge in [0.15, 0.2) is 0 Å². The van der Waals surface area contributed by atoms with Crippen molar-refractivity contribution in [3.63, 3.8) is 0 Å². The van der Waals surface area contributed by atoms with Gasteiger partial charge in [-0.1, -0.05) is 22.0 Å². The molecular weight excluding hydrogens is 294 g/mol. The van der Waals surface area contributed by atoms with Gasteiger partial charge in [-0.2, -0.15) is 0 Å². The molecule has 0 saturated heterocycles. The summed E-state index contributed by atoms with van der Waals surface area (Å²) in [6.45, 7) is 0. The number of halogens is 1. The molecule has 0 aliphatic carbocycles. The fraction of sp³-hybridized carbons (Fsp3) is 0. The molecule has 0 radical (unpaired) electrons. The van der Waals surface area contributed by atoms with Gasteiger partial charge in [0.25, 0.3) is 0 Å². The minimum Gasteiger partial charge on any atom is -0.422 e. The van der Waals surface area contributed by atoms with Gasteiger partial charge in [-0.25, -0.2) is 4.79 Å². The van der Waals surface area contributed by atoms with Crippen LogP contribution in [0.1, 0.15) is 0 Å². The summed E-state index contributed by atoms with van der Waals surface area (Å²) in [5, 5.41) is 0.865. The zero-order chi connectivity index (χ0) is 12.5. The maximum Gasteiger partial charge on any atom is 0.345 e. The predicted molar refractivity (Wildman–Crippen MR) is 73.4 cm³/mol. The molecule has 18 heavy (non-hydrogen) atoms. The maximum absolute atomic E-state index is 11.9. The molecule has 0 saturated carbocycles. The van der Waals surface area contributed by atoms with Gasteiger partial charge in [-0.15, -0.1) is 0 Å². The van der Waals surface area contributed by atoms with Crippen LogP contribution < -0.4 is 5.63 Å². The minimum absolute atomic E-state index is 0.372. The molecule has 2 aromatic heterocycles. The van der Waals surface area contributed by atoms with E-state index in [-0.39, 0.29) is 5.63 Å². The highest BCUT2D eigenvalue weighted by Gasteiger charge is 2.08. The molecule has 0 unspecified atom stereocenters. The zero-order valence-electron chi connectivity index (χ0n) is 9.26. The first-order chi connectivity index (χ1) is 8.74. The van der Waals surface area contributed by atoms with Crippen LogP contribution in [0.3, 0.4) is 0 Å². The van der Waals surface area contributed by atoms with Crippen LogP contribution in [0.2, 0.25) is 0 Å². The number of fused-ring (bicyclic) bond motifs is 1. The van der Waals surface area contributed by atoms with E-state index in [0.29, 0.717) is 16.8 Å². The largest absolute Gasteiger partial charge is 0.422 e. The Morgan fingerprint density at radius 2 is 2.00 bits per heavy atom. The topological polar surface area (TPSA) is 43.1 Å². The third kappa shape index (κ3) is 1.95. The van der Waals surface area contributed by atoms with E-state index in [2.05, 4.69) is 20.9 Å². The molecule has 0 bridgehead atoms. The quantitative estimate of drug-likeness (QED) is 0.645. The molecule has 2 heterocycles. The second-order valence-electron chi connectivity index (χ2n) is 3.84. The maximum atomic E-state index is 11.9. The van der Waals surface area contributed by atoms with Crippen LogP contribution in [-0.2, 0) is 0 Å². The molecule has 3 rings (SSSR count). The summed E-state index contributed by atoms with van der Waals surface area (Å²) < 4.78 is 6.23. The lowest BCUT2D eigenvalue weighted by Crippen LogP contribution is -2.03. The number of pyridine rings is 1. The number of hydrogen-bond acceptors (Lipinski definition) is 3. The van der Waals surface area contributed by atoms with Crippen LogP contribution in [0.4, 0.5) is 0 Å². The van der Waals surface area contributed by atoms with E-state index in [1.165, 1.54) is 0 Å². The Kier molecular flexibility index (Phi) is 2.72. The molecule has 88 valence electrons. The molecule has 1 aromatic carbocycles. The van der Waals surface area contributed by atoms with Gasteiger partial charge in [-0.05, 0) is 36.4 Å². The van der Waals surface area contributed by atoms with Crippen molar-refractivity contribution in [3.8, 4) is 11.3 Å². The number of hydrogen-bond donors (Lipinski definition) is 0. The smallest absolute Gasteiger partial charge is 0.345 e. The Morgan fingerprint density at radius 3 is 2.78 bits per heavy atom. The van der Waals surface area contributed by atoms with Crippen LogP contribution in [-0.4, -0.2) is 4.98 Å². The Bertz CT molecular complexity index is 766. The second kappa shape index (κ2) is 4.38. The molecule has 0 atom stereocenters. The van der Waals surface area contributed by atoms with Crippen molar-refractivity contribution in [3.05, 3.63) is 63.6 Å². The first-order valence-electron chi connectivity index (χ1n) is 5.39. The highest BCUT2D eigenvalue weighted by atomic mass is 79.9. The van der Waals surface area contributed by atoms with Gasteiger partial charge in [0.2, 0.25) is 0 Å². The molecule has 0 fully saturated rings. The van der Waals surface area contributed by atoms with E-state index >= 15 is 0 Å². The lowest BCUT2D eigenvalue weighted by Gasteiger charge is -2.01. The second-order valence-corrected chi connectivity index (χ2v) is 4.76. The Balaban J connectivity index is 2.31. The monoisotopic (exact) mass is 301 g/mol. The molecule has 3 aromatic rings. The van der Waals surface area contributed by atoms with Crippen LogP contribution >= 0.6 is 15.9 Å². The Labute approximate surface area is 111 Å². The van der Waals surface area contributed by atoms with E-state index < -0.39 is 0 Å². The summed E-state index contributed by atoms with van der Waals surface area (Å²) in [5.41, 5.74) is 1.29. The first kappa shape index (κ1) is 11.2. The summed E-state index contributed by atoms with van der Waals surface area (Å²) >= 11 is 3.40. The fourth-order valence-electron chi connectivity index (χ4n) is 1.79. The molecular formula is C14H8BrNO2. The normalized spacial score (nSPS) is 10.7. The first-order valence-corrected chi connectivity index (χ1v) is 6.18. The van der Waals surface area contributed by atoms with Crippen molar-refractivity contribution in [1.29, 1.82) is 0 Å². The van der Waals surface area contributed by atoms with Crippen molar-refractivity contribution < 1.29 is 4.42 Å². The van der Waals surface area contributed by atoms with Crippen molar-refractivity contribution in [2.24, 2.45) is 0 Å². The van der Waals surface area contributed by atoms with Gasteiger partial charge < -0.3 is 4.42 Å².